The Morgan fingerprint density at radius 1 is 1.12 bits per heavy atom. The summed E-state index contributed by atoms with van der Waals surface area (Å²) >= 11 is 1.85. The quantitative estimate of drug-likeness (QED) is 0.731. The molecule has 0 unspecified atom stereocenters. The van der Waals surface area contributed by atoms with Gasteiger partial charge in [-0.2, -0.15) is 0 Å². The van der Waals surface area contributed by atoms with Crippen molar-refractivity contribution < 1.29 is 19.4 Å². The smallest absolute Gasteiger partial charge is 0.200 e. The topological polar surface area (TPSA) is 63.6 Å². The molecule has 0 aromatic heterocycles. The Kier molecular flexibility index (Phi) is 4.28. The Balaban J connectivity index is 2.47. The van der Waals surface area contributed by atoms with Crippen LogP contribution in [0.5, 0.6) is 11.5 Å². The lowest BCUT2D eigenvalue weighted by Crippen LogP contribution is -2.16. The van der Waals surface area contributed by atoms with Crippen LogP contribution in [0.3, 0.4) is 0 Å². The van der Waals surface area contributed by atoms with E-state index in [1.165, 1.54) is 19.3 Å². The Morgan fingerprint density at radius 2 is 1.88 bits per heavy atom. The van der Waals surface area contributed by atoms with Crippen LogP contribution in [0.25, 0.3) is 17.2 Å². The van der Waals surface area contributed by atoms with Crippen LogP contribution < -0.4 is 4.74 Å². The van der Waals surface area contributed by atoms with E-state index in [1.54, 1.807) is 30.3 Å². The van der Waals surface area contributed by atoms with Gasteiger partial charge in [-0.05, 0) is 46.4 Å². The number of carbonyl (C=O) groups is 2. The molecule has 0 radical (unpaired) electrons. The number of phenolic OH excluding ortho intramolecular Hbond substituents is 1. The molecule has 0 saturated carbocycles. The second-order valence-corrected chi connectivity index (χ2v) is 6.36. The number of aromatic hydroxyl groups is 1. The van der Waals surface area contributed by atoms with Gasteiger partial charge in [-0.3, -0.25) is 9.59 Å². The van der Waals surface area contributed by atoms with E-state index in [-0.39, 0.29) is 22.9 Å². The van der Waals surface area contributed by atoms with Gasteiger partial charge in [0.25, 0.3) is 0 Å². The van der Waals surface area contributed by atoms with E-state index in [0.29, 0.717) is 31.6 Å². The van der Waals surface area contributed by atoms with Gasteiger partial charge in [0.2, 0.25) is 5.78 Å². The average Bonchev–Trinajstić information content (AvgIpc) is 2.58. The van der Waals surface area contributed by atoms with Crippen LogP contribution >= 0.6 is 22.6 Å². The van der Waals surface area contributed by atoms with Crippen LogP contribution in [0.15, 0.2) is 46.6 Å². The van der Waals surface area contributed by atoms with Gasteiger partial charge in [0.05, 0.1) is 16.3 Å². The number of hydrogen-bond donors (Lipinski definition) is 1. The van der Waals surface area contributed by atoms with E-state index >= 15 is 0 Å². The molecule has 0 heterocycles. The van der Waals surface area contributed by atoms with Crippen molar-refractivity contribution in [2.75, 3.05) is 7.11 Å². The first-order chi connectivity index (χ1) is 11.5. The van der Waals surface area contributed by atoms with Gasteiger partial charge >= 0.3 is 0 Å². The summed E-state index contributed by atoms with van der Waals surface area (Å²) in [5.41, 5.74) is 2.05. The second kappa shape index (κ2) is 6.24. The summed E-state index contributed by atoms with van der Waals surface area (Å²) in [7, 11) is 1.48. The van der Waals surface area contributed by atoms with Crippen LogP contribution in [-0.4, -0.2) is 23.8 Å². The highest BCUT2D eigenvalue weighted by atomic mass is 127. The molecule has 1 aliphatic carbocycles. The van der Waals surface area contributed by atoms with Gasteiger partial charge < -0.3 is 9.84 Å². The summed E-state index contributed by atoms with van der Waals surface area (Å²) in [5, 5.41) is 10.4. The molecule has 24 heavy (non-hydrogen) atoms. The fraction of sp³-hybridized carbons (Fsp3) is 0.0526. The van der Waals surface area contributed by atoms with Crippen molar-refractivity contribution >= 4 is 40.2 Å². The number of ether oxygens (including phenoxy) is 1. The van der Waals surface area contributed by atoms with Gasteiger partial charge in [0.15, 0.2) is 5.78 Å². The zero-order valence-electron chi connectivity index (χ0n) is 12.8. The number of phenols is 1. The lowest BCUT2D eigenvalue weighted by atomic mass is 9.84. The number of benzene rings is 2. The maximum atomic E-state index is 12.8. The minimum Gasteiger partial charge on any atom is -0.507 e. The lowest BCUT2D eigenvalue weighted by molar-refractivity contribution is 0.0993. The maximum Gasteiger partial charge on any atom is 0.200 e. The standard InChI is InChI=1S/C19H13IO4/c1-3-10-7-8-11-14(22)9-12(20)19(23)17(11)16(10)18-13(21)5-4-6-15(18)24-2/h3-9,21H,1H2,2H3. The summed E-state index contributed by atoms with van der Waals surface area (Å²) < 4.78 is 5.69. The Bertz CT molecular complexity index is 925. The molecule has 5 heteroatoms. The summed E-state index contributed by atoms with van der Waals surface area (Å²) in [6, 6.07) is 8.18. The normalized spacial score (nSPS) is 13.3. The first kappa shape index (κ1) is 16.4. The van der Waals surface area contributed by atoms with Crippen LogP contribution in [0.4, 0.5) is 0 Å². The first-order valence-electron chi connectivity index (χ1n) is 7.11. The van der Waals surface area contributed by atoms with E-state index in [2.05, 4.69) is 6.58 Å². The van der Waals surface area contributed by atoms with E-state index in [4.69, 9.17) is 4.74 Å². The Hall–Kier alpha value is -2.41. The van der Waals surface area contributed by atoms with E-state index in [0.717, 1.165) is 0 Å². The number of methoxy groups -OCH3 is 1. The number of carbonyl (C=O) groups excluding carboxylic acids is 2. The molecule has 0 atom stereocenters. The molecule has 0 aliphatic heterocycles. The fourth-order valence-corrected chi connectivity index (χ4v) is 3.37. The highest BCUT2D eigenvalue weighted by Gasteiger charge is 2.30. The molecule has 2 aromatic rings. The van der Waals surface area contributed by atoms with Gasteiger partial charge in [-0.15, -0.1) is 0 Å². The molecule has 0 amide bonds. The average molecular weight is 432 g/mol. The molecule has 120 valence electrons. The number of hydrogen-bond acceptors (Lipinski definition) is 4. The number of rotatable bonds is 3. The highest BCUT2D eigenvalue weighted by molar-refractivity contribution is 14.1. The molecule has 0 spiro atoms. The van der Waals surface area contributed by atoms with Crippen molar-refractivity contribution in [3.05, 3.63) is 63.3 Å². The highest BCUT2D eigenvalue weighted by Crippen LogP contribution is 2.44. The summed E-state index contributed by atoms with van der Waals surface area (Å²) in [6.07, 6.45) is 2.91. The van der Waals surface area contributed by atoms with Crippen LogP contribution in [0, 0.1) is 0 Å². The molecular formula is C19H13IO4. The minimum absolute atomic E-state index is 0.0318. The zero-order valence-corrected chi connectivity index (χ0v) is 15.0. The Morgan fingerprint density at radius 3 is 2.54 bits per heavy atom. The van der Waals surface area contributed by atoms with E-state index in [9.17, 15) is 14.7 Å². The number of halogens is 1. The van der Waals surface area contributed by atoms with Gasteiger partial charge in [-0.25, -0.2) is 0 Å². The predicted octanol–water partition coefficient (Wildman–Crippen LogP) is 4.41. The van der Waals surface area contributed by atoms with Crippen molar-refractivity contribution in [1.82, 2.24) is 0 Å². The predicted molar refractivity (Wildman–Crippen MR) is 101 cm³/mol. The van der Waals surface area contributed by atoms with Crippen molar-refractivity contribution in [3.8, 4) is 22.6 Å². The Labute approximate surface area is 152 Å². The molecule has 3 rings (SSSR count). The second-order valence-electron chi connectivity index (χ2n) is 5.20. The van der Waals surface area contributed by atoms with Crippen molar-refractivity contribution in [2.24, 2.45) is 0 Å². The van der Waals surface area contributed by atoms with Crippen LogP contribution in [0.2, 0.25) is 0 Å². The van der Waals surface area contributed by atoms with Gasteiger partial charge in [0.1, 0.15) is 11.5 Å². The van der Waals surface area contributed by atoms with Crippen molar-refractivity contribution in [1.29, 1.82) is 0 Å². The number of ketones is 2. The molecular weight excluding hydrogens is 419 g/mol. The van der Waals surface area contributed by atoms with E-state index < -0.39 is 0 Å². The minimum atomic E-state index is -0.255. The third kappa shape index (κ3) is 2.45. The molecule has 1 N–H and O–H groups in total. The molecule has 0 saturated heterocycles. The third-order valence-corrected chi connectivity index (χ3v) is 4.70. The lowest BCUT2D eigenvalue weighted by Gasteiger charge is -2.20. The summed E-state index contributed by atoms with van der Waals surface area (Å²) in [4.78, 5) is 25.1. The summed E-state index contributed by atoms with van der Waals surface area (Å²) in [5.74, 6) is -0.110. The molecule has 0 bridgehead atoms. The monoisotopic (exact) mass is 432 g/mol. The molecule has 2 aromatic carbocycles. The van der Waals surface area contributed by atoms with Crippen LogP contribution in [0.1, 0.15) is 26.3 Å². The van der Waals surface area contributed by atoms with Crippen molar-refractivity contribution in [3.63, 3.8) is 0 Å². The SMILES string of the molecule is C=Cc1ccc2c(c1-c1c(O)cccc1OC)C(=O)C(I)=CC2=O. The third-order valence-electron chi connectivity index (χ3n) is 3.90. The number of fused-ring (bicyclic) bond motifs is 1. The van der Waals surface area contributed by atoms with Crippen molar-refractivity contribution in [2.45, 2.75) is 0 Å². The van der Waals surface area contributed by atoms with E-state index in [1.807, 2.05) is 22.6 Å². The number of allylic oxidation sites excluding steroid dienone is 2. The molecule has 4 nitrogen and oxygen atoms in total. The molecule has 1 aliphatic rings. The largest absolute Gasteiger partial charge is 0.507 e. The van der Waals surface area contributed by atoms with Crippen LogP contribution in [-0.2, 0) is 0 Å². The number of Topliss-reactive ketones (excluding diaryl/α,β-unsaturated/α-hetero) is 1. The zero-order chi connectivity index (χ0) is 17.4. The van der Waals surface area contributed by atoms with Gasteiger partial charge in [0, 0.05) is 22.8 Å². The van der Waals surface area contributed by atoms with Gasteiger partial charge in [-0.1, -0.05) is 24.8 Å². The first-order valence-corrected chi connectivity index (χ1v) is 8.19. The maximum absolute atomic E-state index is 12.8. The molecule has 0 fully saturated rings. The fourth-order valence-electron chi connectivity index (χ4n) is 2.82. The summed E-state index contributed by atoms with van der Waals surface area (Å²) in [6.45, 7) is 3.78.